The molecule has 0 amide bonds. The standard InChI is InChI=1S/C10H16O/c1-5-6-7-8(2)9(3)10(4)11/h5,7,9H,1,6H2,2-4H3. The van der Waals surface area contributed by atoms with Gasteiger partial charge in [-0.15, -0.1) is 6.58 Å². The molecule has 0 fully saturated rings. The molecule has 0 N–H and O–H groups in total. The zero-order valence-electron chi connectivity index (χ0n) is 7.55. The van der Waals surface area contributed by atoms with Crippen LogP contribution in [0.5, 0.6) is 0 Å². The van der Waals surface area contributed by atoms with E-state index in [0.29, 0.717) is 0 Å². The molecule has 0 bridgehead atoms. The van der Waals surface area contributed by atoms with Crippen molar-refractivity contribution < 1.29 is 4.79 Å². The summed E-state index contributed by atoms with van der Waals surface area (Å²) >= 11 is 0. The van der Waals surface area contributed by atoms with Crippen molar-refractivity contribution in [3.05, 3.63) is 24.3 Å². The first-order valence-corrected chi connectivity index (χ1v) is 3.87. The summed E-state index contributed by atoms with van der Waals surface area (Å²) in [6.07, 6.45) is 4.72. The predicted octanol–water partition coefficient (Wildman–Crippen LogP) is 2.73. The average molecular weight is 152 g/mol. The third kappa shape index (κ3) is 3.76. The van der Waals surface area contributed by atoms with Gasteiger partial charge in [0.1, 0.15) is 5.78 Å². The Morgan fingerprint density at radius 2 is 2.09 bits per heavy atom. The van der Waals surface area contributed by atoms with Gasteiger partial charge in [-0.05, 0) is 20.3 Å². The Morgan fingerprint density at radius 1 is 1.55 bits per heavy atom. The maximum Gasteiger partial charge on any atom is 0.136 e. The summed E-state index contributed by atoms with van der Waals surface area (Å²) in [4.78, 5) is 10.9. The van der Waals surface area contributed by atoms with Gasteiger partial charge in [-0.3, -0.25) is 4.79 Å². The second-order valence-electron chi connectivity index (χ2n) is 2.80. The number of ketones is 1. The molecule has 1 atom stereocenters. The SMILES string of the molecule is C=CCC=C(C)C(C)C(C)=O. The molecule has 0 aliphatic carbocycles. The summed E-state index contributed by atoms with van der Waals surface area (Å²) in [5.41, 5.74) is 1.14. The van der Waals surface area contributed by atoms with Gasteiger partial charge < -0.3 is 0 Å². The molecule has 0 radical (unpaired) electrons. The van der Waals surface area contributed by atoms with Gasteiger partial charge in [0, 0.05) is 5.92 Å². The van der Waals surface area contributed by atoms with Gasteiger partial charge in [0.15, 0.2) is 0 Å². The van der Waals surface area contributed by atoms with E-state index in [1.807, 2.05) is 26.0 Å². The summed E-state index contributed by atoms with van der Waals surface area (Å²) in [7, 11) is 0. The van der Waals surface area contributed by atoms with Crippen LogP contribution in [0.2, 0.25) is 0 Å². The van der Waals surface area contributed by atoms with E-state index in [4.69, 9.17) is 0 Å². The molecular formula is C10H16O. The molecule has 0 aliphatic rings. The first-order chi connectivity index (χ1) is 5.09. The Labute approximate surface area is 68.8 Å². The quantitative estimate of drug-likeness (QED) is 0.566. The molecule has 1 unspecified atom stereocenters. The first kappa shape index (κ1) is 10.2. The minimum atomic E-state index is 0.0648. The van der Waals surface area contributed by atoms with Crippen LogP contribution in [0.1, 0.15) is 27.2 Å². The summed E-state index contributed by atoms with van der Waals surface area (Å²) in [6, 6.07) is 0. The zero-order valence-corrected chi connectivity index (χ0v) is 7.55. The molecule has 0 saturated carbocycles. The maximum absolute atomic E-state index is 10.9. The summed E-state index contributed by atoms with van der Waals surface area (Å²) in [5, 5.41) is 0. The highest BCUT2D eigenvalue weighted by molar-refractivity contribution is 5.80. The Bertz CT molecular complexity index is 177. The Morgan fingerprint density at radius 3 is 2.45 bits per heavy atom. The van der Waals surface area contributed by atoms with E-state index < -0.39 is 0 Å². The van der Waals surface area contributed by atoms with Crippen molar-refractivity contribution in [2.45, 2.75) is 27.2 Å². The predicted molar refractivity (Wildman–Crippen MR) is 48.4 cm³/mol. The van der Waals surface area contributed by atoms with Gasteiger partial charge in [0.2, 0.25) is 0 Å². The number of rotatable bonds is 4. The molecule has 0 aromatic rings. The monoisotopic (exact) mass is 152 g/mol. The van der Waals surface area contributed by atoms with E-state index in [0.717, 1.165) is 12.0 Å². The summed E-state index contributed by atoms with van der Waals surface area (Å²) in [6.45, 7) is 9.14. The highest BCUT2D eigenvalue weighted by atomic mass is 16.1. The largest absolute Gasteiger partial charge is 0.299 e. The molecule has 0 aliphatic heterocycles. The van der Waals surface area contributed by atoms with E-state index >= 15 is 0 Å². The minimum absolute atomic E-state index is 0.0648. The van der Waals surface area contributed by atoms with Crippen LogP contribution in [-0.2, 0) is 4.79 Å². The highest BCUT2D eigenvalue weighted by Crippen LogP contribution is 2.10. The van der Waals surface area contributed by atoms with Crippen molar-refractivity contribution in [3.8, 4) is 0 Å². The number of carbonyl (C=O) groups excluding carboxylic acids is 1. The highest BCUT2D eigenvalue weighted by Gasteiger charge is 2.07. The number of carbonyl (C=O) groups is 1. The van der Waals surface area contributed by atoms with Gasteiger partial charge in [-0.25, -0.2) is 0 Å². The number of allylic oxidation sites excluding steroid dienone is 3. The van der Waals surface area contributed by atoms with E-state index in [1.165, 1.54) is 0 Å². The Kier molecular flexibility index (Phi) is 4.51. The fraction of sp³-hybridized carbons (Fsp3) is 0.500. The third-order valence-corrected chi connectivity index (χ3v) is 1.90. The fourth-order valence-corrected chi connectivity index (χ4v) is 0.767. The normalized spacial score (nSPS) is 14.3. The van der Waals surface area contributed by atoms with Gasteiger partial charge >= 0.3 is 0 Å². The molecule has 0 heterocycles. The third-order valence-electron chi connectivity index (χ3n) is 1.90. The molecule has 62 valence electrons. The van der Waals surface area contributed by atoms with Crippen LogP contribution >= 0.6 is 0 Å². The average Bonchev–Trinajstić information content (AvgIpc) is 1.98. The van der Waals surface area contributed by atoms with Gasteiger partial charge in [-0.1, -0.05) is 24.6 Å². The second kappa shape index (κ2) is 4.89. The van der Waals surface area contributed by atoms with Gasteiger partial charge in [0.05, 0.1) is 0 Å². The number of Topliss-reactive ketones (excluding diaryl/α,β-unsaturated/α-hetero) is 1. The van der Waals surface area contributed by atoms with Gasteiger partial charge in [-0.2, -0.15) is 0 Å². The van der Waals surface area contributed by atoms with Crippen LogP contribution < -0.4 is 0 Å². The molecule has 0 saturated heterocycles. The lowest BCUT2D eigenvalue weighted by molar-refractivity contribution is -0.119. The van der Waals surface area contributed by atoms with E-state index in [2.05, 4.69) is 6.58 Å². The molecule has 0 rings (SSSR count). The molecule has 1 heteroatoms. The fourth-order valence-electron chi connectivity index (χ4n) is 0.767. The lowest BCUT2D eigenvalue weighted by Crippen LogP contribution is -2.07. The molecular weight excluding hydrogens is 136 g/mol. The van der Waals surface area contributed by atoms with Crippen molar-refractivity contribution in [2.75, 3.05) is 0 Å². The number of hydrogen-bond donors (Lipinski definition) is 0. The molecule has 0 spiro atoms. The van der Waals surface area contributed by atoms with Crippen LogP contribution in [0.25, 0.3) is 0 Å². The second-order valence-corrected chi connectivity index (χ2v) is 2.80. The molecule has 1 nitrogen and oxygen atoms in total. The van der Waals surface area contributed by atoms with E-state index in [-0.39, 0.29) is 11.7 Å². The minimum Gasteiger partial charge on any atom is -0.299 e. The molecule has 11 heavy (non-hydrogen) atoms. The Balaban J connectivity index is 4.10. The van der Waals surface area contributed by atoms with Crippen molar-refractivity contribution >= 4 is 5.78 Å². The van der Waals surface area contributed by atoms with E-state index in [1.54, 1.807) is 6.92 Å². The summed E-state index contributed by atoms with van der Waals surface area (Å²) < 4.78 is 0. The number of hydrogen-bond acceptors (Lipinski definition) is 1. The van der Waals surface area contributed by atoms with Crippen LogP contribution in [0.15, 0.2) is 24.3 Å². The smallest absolute Gasteiger partial charge is 0.136 e. The van der Waals surface area contributed by atoms with Crippen molar-refractivity contribution in [2.24, 2.45) is 5.92 Å². The lowest BCUT2D eigenvalue weighted by Gasteiger charge is -2.06. The maximum atomic E-state index is 10.9. The van der Waals surface area contributed by atoms with Crippen molar-refractivity contribution in [3.63, 3.8) is 0 Å². The zero-order chi connectivity index (χ0) is 8.85. The first-order valence-electron chi connectivity index (χ1n) is 3.87. The van der Waals surface area contributed by atoms with Crippen molar-refractivity contribution in [1.82, 2.24) is 0 Å². The van der Waals surface area contributed by atoms with Crippen LogP contribution in [0, 0.1) is 5.92 Å². The van der Waals surface area contributed by atoms with Crippen molar-refractivity contribution in [1.29, 1.82) is 0 Å². The van der Waals surface area contributed by atoms with E-state index in [9.17, 15) is 4.79 Å². The Hall–Kier alpha value is -0.850. The molecule has 0 aromatic heterocycles. The van der Waals surface area contributed by atoms with Gasteiger partial charge in [0.25, 0.3) is 0 Å². The van der Waals surface area contributed by atoms with Crippen LogP contribution in [-0.4, -0.2) is 5.78 Å². The lowest BCUT2D eigenvalue weighted by atomic mass is 9.98. The van der Waals surface area contributed by atoms with Crippen LogP contribution in [0.4, 0.5) is 0 Å². The topological polar surface area (TPSA) is 17.1 Å². The van der Waals surface area contributed by atoms with Crippen LogP contribution in [0.3, 0.4) is 0 Å². The summed E-state index contributed by atoms with van der Waals surface area (Å²) in [5.74, 6) is 0.290. The molecule has 0 aromatic carbocycles.